The van der Waals surface area contributed by atoms with Gasteiger partial charge < -0.3 is 19.9 Å². The van der Waals surface area contributed by atoms with Crippen molar-refractivity contribution in [2.24, 2.45) is 0 Å². The van der Waals surface area contributed by atoms with E-state index in [1.54, 1.807) is 7.11 Å². The number of methoxy groups -OCH3 is 1. The maximum Gasteiger partial charge on any atom is 0.0783 e. The summed E-state index contributed by atoms with van der Waals surface area (Å²) in [6, 6.07) is 0. The summed E-state index contributed by atoms with van der Waals surface area (Å²) in [4.78, 5) is 0. The molecule has 0 aromatic heterocycles. The van der Waals surface area contributed by atoms with Gasteiger partial charge in [-0.25, -0.2) is 0 Å². The third-order valence-electron chi connectivity index (χ3n) is 2.75. The fourth-order valence-corrected chi connectivity index (χ4v) is 1.97. The number of ether oxygens (including phenoxy) is 2. The molecule has 0 fully saturated rings. The molecule has 0 aromatic carbocycles. The van der Waals surface area contributed by atoms with Crippen LogP contribution in [-0.4, -0.2) is 49.7 Å². The van der Waals surface area contributed by atoms with Crippen molar-refractivity contribution >= 4 is 0 Å². The van der Waals surface area contributed by atoms with Crippen molar-refractivity contribution in [2.75, 3.05) is 26.9 Å². The van der Waals surface area contributed by atoms with E-state index in [0.29, 0.717) is 6.61 Å². The smallest absolute Gasteiger partial charge is 0.0783 e. The summed E-state index contributed by atoms with van der Waals surface area (Å²) in [5.74, 6) is 0. The van der Waals surface area contributed by atoms with Crippen molar-refractivity contribution in [3.8, 4) is 0 Å². The van der Waals surface area contributed by atoms with Gasteiger partial charge in [-0.1, -0.05) is 6.92 Å². The highest BCUT2D eigenvalue weighted by Gasteiger charge is 2.26. The monoisotopic (exact) mass is 247 g/mol. The fraction of sp³-hybridized carbons (Fsp3) is 1.00. The van der Waals surface area contributed by atoms with E-state index < -0.39 is 0 Å². The molecule has 0 heterocycles. The molecule has 0 saturated heterocycles. The Balaban J connectivity index is 4.07. The topological polar surface area (TPSA) is 50.7 Å². The molecule has 3 atom stereocenters. The van der Waals surface area contributed by atoms with Gasteiger partial charge in [0.05, 0.1) is 25.4 Å². The molecule has 0 amide bonds. The zero-order chi connectivity index (χ0) is 13.3. The van der Waals surface area contributed by atoms with Crippen LogP contribution in [0.15, 0.2) is 0 Å². The van der Waals surface area contributed by atoms with E-state index in [9.17, 15) is 5.11 Å². The number of hydrogen-bond donors (Lipinski definition) is 2. The van der Waals surface area contributed by atoms with Gasteiger partial charge in [-0.2, -0.15) is 0 Å². The second-order valence-electron chi connectivity index (χ2n) is 5.06. The standard InChI is InChI=1S/C13H29NO3/c1-6-7-14-13(4,10-15)8-11(2)17-12(3)9-16-5/h11-12,14-15H,6-10H2,1-5H3. The molecule has 0 radical (unpaired) electrons. The lowest BCUT2D eigenvalue weighted by Crippen LogP contribution is -2.48. The van der Waals surface area contributed by atoms with Crippen LogP contribution in [0.3, 0.4) is 0 Å². The van der Waals surface area contributed by atoms with Gasteiger partial charge in [0.1, 0.15) is 0 Å². The molecular weight excluding hydrogens is 218 g/mol. The van der Waals surface area contributed by atoms with Crippen LogP contribution in [0.5, 0.6) is 0 Å². The molecular formula is C13H29NO3. The van der Waals surface area contributed by atoms with Crippen molar-refractivity contribution in [1.29, 1.82) is 0 Å². The van der Waals surface area contributed by atoms with Crippen LogP contribution in [0, 0.1) is 0 Å². The molecule has 0 aliphatic carbocycles. The van der Waals surface area contributed by atoms with Crippen molar-refractivity contribution in [3.05, 3.63) is 0 Å². The van der Waals surface area contributed by atoms with E-state index in [0.717, 1.165) is 19.4 Å². The highest BCUT2D eigenvalue weighted by Crippen LogP contribution is 2.15. The summed E-state index contributed by atoms with van der Waals surface area (Å²) in [6.45, 7) is 9.82. The van der Waals surface area contributed by atoms with E-state index in [4.69, 9.17) is 9.47 Å². The Hall–Kier alpha value is -0.160. The van der Waals surface area contributed by atoms with Gasteiger partial charge in [-0.05, 0) is 40.2 Å². The van der Waals surface area contributed by atoms with Crippen LogP contribution < -0.4 is 5.32 Å². The number of aliphatic hydroxyl groups excluding tert-OH is 1. The molecule has 4 heteroatoms. The minimum Gasteiger partial charge on any atom is -0.394 e. The van der Waals surface area contributed by atoms with Crippen LogP contribution >= 0.6 is 0 Å². The molecule has 4 nitrogen and oxygen atoms in total. The van der Waals surface area contributed by atoms with E-state index in [1.807, 2.05) is 20.8 Å². The van der Waals surface area contributed by atoms with E-state index >= 15 is 0 Å². The quantitative estimate of drug-likeness (QED) is 0.615. The highest BCUT2D eigenvalue weighted by atomic mass is 16.5. The zero-order valence-corrected chi connectivity index (χ0v) is 12.0. The molecule has 0 bridgehead atoms. The van der Waals surface area contributed by atoms with E-state index in [1.165, 1.54) is 0 Å². The Labute approximate surface area is 106 Å². The first-order chi connectivity index (χ1) is 7.97. The molecule has 0 aromatic rings. The van der Waals surface area contributed by atoms with Gasteiger partial charge in [0.15, 0.2) is 0 Å². The highest BCUT2D eigenvalue weighted by molar-refractivity contribution is 4.84. The Bertz CT molecular complexity index is 190. The first kappa shape index (κ1) is 16.8. The first-order valence-corrected chi connectivity index (χ1v) is 6.47. The van der Waals surface area contributed by atoms with Gasteiger partial charge in [0.2, 0.25) is 0 Å². The summed E-state index contributed by atoms with van der Waals surface area (Å²) < 4.78 is 10.8. The largest absolute Gasteiger partial charge is 0.394 e. The molecule has 2 N–H and O–H groups in total. The molecule has 0 spiro atoms. The van der Waals surface area contributed by atoms with Gasteiger partial charge in [-0.3, -0.25) is 0 Å². The number of rotatable bonds is 10. The minimum atomic E-state index is -0.262. The number of hydrogen-bond acceptors (Lipinski definition) is 4. The van der Waals surface area contributed by atoms with Crippen LogP contribution in [0.2, 0.25) is 0 Å². The summed E-state index contributed by atoms with van der Waals surface area (Å²) in [6.07, 6.45) is 2.04. The third kappa shape index (κ3) is 7.71. The van der Waals surface area contributed by atoms with Crippen molar-refractivity contribution in [2.45, 2.75) is 58.3 Å². The lowest BCUT2D eigenvalue weighted by molar-refractivity contribution is -0.0465. The number of aliphatic hydroxyl groups is 1. The summed E-state index contributed by atoms with van der Waals surface area (Å²) in [5.41, 5.74) is -0.262. The molecule has 17 heavy (non-hydrogen) atoms. The normalized spacial score (nSPS) is 18.7. The predicted octanol–water partition coefficient (Wildman–Crippen LogP) is 1.57. The predicted molar refractivity (Wildman–Crippen MR) is 70.3 cm³/mol. The third-order valence-corrected chi connectivity index (χ3v) is 2.75. The number of nitrogens with one attached hydrogen (secondary N) is 1. The zero-order valence-electron chi connectivity index (χ0n) is 12.0. The van der Waals surface area contributed by atoms with Gasteiger partial charge >= 0.3 is 0 Å². The summed E-state index contributed by atoms with van der Waals surface area (Å²) in [7, 11) is 1.67. The first-order valence-electron chi connectivity index (χ1n) is 6.47. The second kappa shape index (κ2) is 8.86. The van der Waals surface area contributed by atoms with Crippen molar-refractivity contribution in [1.82, 2.24) is 5.32 Å². The average molecular weight is 247 g/mol. The van der Waals surface area contributed by atoms with Crippen molar-refractivity contribution in [3.63, 3.8) is 0 Å². The molecule has 3 unspecified atom stereocenters. The Morgan fingerprint density at radius 3 is 2.41 bits per heavy atom. The maximum atomic E-state index is 9.46. The average Bonchev–Trinajstić information content (AvgIpc) is 2.26. The Kier molecular flexibility index (Phi) is 8.78. The molecule has 0 saturated carbocycles. The molecule has 0 aliphatic rings. The lowest BCUT2D eigenvalue weighted by atomic mass is 9.95. The van der Waals surface area contributed by atoms with E-state index in [2.05, 4.69) is 12.2 Å². The Morgan fingerprint density at radius 2 is 1.94 bits per heavy atom. The lowest BCUT2D eigenvalue weighted by Gasteiger charge is -2.32. The van der Waals surface area contributed by atoms with Gasteiger partial charge in [0.25, 0.3) is 0 Å². The SMILES string of the molecule is CCCNC(C)(CO)CC(C)OC(C)COC. The van der Waals surface area contributed by atoms with Gasteiger partial charge in [0, 0.05) is 12.6 Å². The molecule has 0 rings (SSSR count). The van der Waals surface area contributed by atoms with E-state index in [-0.39, 0.29) is 24.4 Å². The summed E-state index contributed by atoms with van der Waals surface area (Å²) >= 11 is 0. The molecule has 104 valence electrons. The van der Waals surface area contributed by atoms with Crippen LogP contribution in [-0.2, 0) is 9.47 Å². The van der Waals surface area contributed by atoms with Crippen LogP contribution in [0.25, 0.3) is 0 Å². The second-order valence-corrected chi connectivity index (χ2v) is 5.06. The Morgan fingerprint density at radius 1 is 1.29 bits per heavy atom. The fourth-order valence-electron chi connectivity index (χ4n) is 1.97. The molecule has 0 aliphatic heterocycles. The van der Waals surface area contributed by atoms with Crippen molar-refractivity contribution < 1.29 is 14.6 Å². The summed E-state index contributed by atoms with van der Waals surface area (Å²) in [5, 5.41) is 12.8. The minimum absolute atomic E-state index is 0.0871. The van der Waals surface area contributed by atoms with Crippen LogP contribution in [0.1, 0.15) is 40.5 Å². The maximum absolute atomic E-state index is 9.46. The van der Waals surface area contributed by atoms with Crippen LogP contribution in [0.4, 0.5) is 0 Å². The van der Waals surface area contributed by atoms with Gasteiger partial charge in [-0.15, -0.1) is 0 Å².